The second kappa shape index (κ2) is 9.84. The SMILES string of the molecule is COc1cc(OC)cc(N2C(=O)C3CC(NC(=O)c4ccc(SC)cc4OC)CCN3C2=O)c1. The zero-order valence-electron chi connectivity index (χ0n) is 19.5. The van der Waals surface area contributed by atoms with Crippen molar-refractivity contribution in [3.63, 3.8) is 0 Å². The van der Waals surface area contributed by atoms with Crippen molar-refractivity contribution < 1.29 is 28.6 Å². The van der Waals surface area contributed by atoms with Crippen molar-refractivity contribution in [2.24, 2.45) is 0 Å². The Morgan fingerprint density at radius 1 is 1.03 bits per heavy atom. The number of thioether (sulfide) groups is 1. The van der Waals surface area contributed by atoms with E-state index in [-0.39, 0.29) is 23.9 Å². The Hall–Kier alpha value is -3.40. The van der Waals surface area contributed by atoms with Crippen LogP contribution < -0.4 is 24.4 Å². The zero-order valence-corrected chi connectivity index (χ0v) is 20.3. The Labute approximate surface area is 202 Å². The standard InChI is InChI=1S/C24H27N3O6S/c1-31-16-10-15(11-17(12-16)32-2)27-23(29)20-9-14(7-8-26(20)24(27)30)25-22(28)19-6-5-18(34-4)13-21(19)33-3/h5-6,10-14,20H,7-9H2,1-4H3,(H,25,28). The summed E-state index contributed by atoms with van der Waals surface area (Å²) in [6.45, 7) is 0.361. The van der Waals surface area contributed by atoms with Gasteiger partial charge in [-0.2, -0.15) is 0 Å². The summed E-state index contributed by atoms with van der Waals surface area (Å²) in [6, 6.07) is 9.06. The van der Waals surface area contributed by atoms with Crippen molar-refractivity contribution in [1.29, 1.82) is 0 Å². The molecule has 0 saturated carbocycles. The predicted octanol–water partition coefficient (Wildman–Crippen LogP) is 3.16. The van der Waals surface area contributed by atoms with Gasteiger partial charge in [0.05, 0.1) is 32.6 Å². The van der Waals surface area contributed by atoms with E-state index in [4.69, 9.17) is 14.2 Å². The number of benzene rings is 2. The van der Waals surface area contributed by atoms with E-state index in [0.29, 0.717) is 47.9 Å². The van der Waals surface area contributed by atoms with Crippen LogP contribution in [0.3, 0.4) is 0 Å². The number of methoxy groups -OCH3 is 3. The van der Waals surface area contributed by atoms with E-state index in [1.54, 1.807) is 40.9 Å². The number of carbonyl (C=O) groups excluding carboxylic acids is 3. The minimum atomic E-state index is -0.649. The maximum atomic E-state index is 13.3. The third-order valence-corrected chi connectivity index (χ3v) is 6.85. The lowest BCUT2D eigenvalue weighted by Crippen LogP contribution is -2.49. The van der Waals surface area contributed by atoms with Gasteiger partial charge in [-0.15, -0.1) is 11.8 Å². The Morgan fingerprint density at radius 3 is 2.35 bits per heavy atom. The minimum absolute atomic E-state index is 0.254. The Kier molecular flexibility index (Phi) is 6.87. The largest absolute Gasteiger partial charge is 0.497 e. The number of ether oxygens (including phenoxy) is 3. The molecule has 0 bridgehead atoms. The van der Waals surface area contributed by atoms with Crippen molar-refractivity contribution in [2.75, 3.05) is 39.0 Å². The summed E-state index contributed by atoms with van der Waals surface area (Å²) in [5, 5.41) is 3.01. The third kappa shape index (κ3) is 4.37. The first kappa shape index (κ1) is 23.7. The van der Waals surface area contributed by atoms with Crippen molar-refractivity contribution in [3.05, 3.63) is 42.0 Å². The number of imide groups is 1. The predicted molar refractivity (Wildman–Crippen MR) is 128 cm³/mol. The lowest BCUT2D eigenvalue weighted by Gasteiger charge is -2.32. The van der Waals surface area contributed by atoms with Crippen molar-refractivity contribution in [1.82, 2.24) is 10.2 Å². The molecule has 2 heterocycles. The van der Waals surface area contributed by atoms with Crippen LogP contribution in [0.1, 0.15) is 23.2 Å². The minimum Gasteiger partial charge on any atom is -0.497 e. The summed E-state index contributed by atoms with van der Waals surface area (Å²) in [6.07, 6.45) is 2.83. The maximum Gasteiger partial charge on any atom is 0.332 e. The summed E-state index contributed by atoms with van der Waals surface area (Å²) in [5.41, 5.74) is 0.821. The average molecular weight is 486 g/mol. The molecule has 0 aromatic heterocycles. The van der Waals surface area contributed by atoms with Crippen LogP contribution in [0.25, 0.3) is 0 Å². The van der Waals surface area contributed by atoms with Gasteiger partial charge >= 0.3 is 6.03 Å². The first-order valence-corrected chi connectivity index (χ1v) is 12.0. The van der Waals surface area contributed by atoms with E-state index in [1.165, 1.54) is 21.3 Å². The van der Waals surface area contributed by atoms with Crippen LogP contribution in [0.2, 0.25) is 0 Å². The summed E-state index contributed by atoms with van der Waals surface area (Å²) < 4.78 is 16.0. The molecule has 4 rings (SSSR count). The zero-order chi connectivity index (χ0) is 24.4. The van der Waals surface area contributed by atoms with Gasteiger partial charge in [0.15, 0.2) is 0 Å². The van der Waals surface area contributed by atoms with E-state index < -0.39 is 6.04 Å². The lowest BCUT2D eigenvalue weighted by molar-refractivity contribution is -0.120. The highest BCUT2D eigenvalue weighted by molar-refractivity contribution is 7.98. The Bertz CT molecular complexity index is 1100. The van der Waals surface area contributed by atoms with Crippen molar-refractivity contribution in [2.45, 2.75) is 29.8 Å². The molecule has 1 N–H and O–H groups in total. The van der Waals surface area contributed by atoms with Gasteiger partial charge in [-0.3, -0.25) is 9.59 Å². The molecule has 0 spiro atoms. The fraction of sp³-hybridized carbons (Fsp3) is 0.375. The van der Waals surface area contributed by atoms with E-state index in [0.717, 1.165) is 9.80 Å². The molecule has 9 nitrogen and oxygen atoms in total. The van der Waals surface area contributed by atoms with Crippen LogP contribution in [-0.4, -0.2) is 69.0 Å². The molecule has 10 heteroatoms. The molecule has 0 radical (unpaired) electrons. The van der Waals surface area contributed by atoms with Gasteiger partial charge in [-0.05, 0) is 37.3 Å². The molecule has 180 valence electrons. The van der Waals surface area contributed by atoms with Gasteiger partial charge in [-0.25, -0.2) is 9.69 Å². The van der Waals surface area contributed by atoms with Gasteiger partial charge in [-0.1, -0.05) is 0 Å². The molecule has 2 atom stereocenters. The van der Waals surface area contributed by atoms with Crippen molar-refractivity contribution in [3.8, 4) is 17.2 Å². The number of carbonyl (C=O) groups is 3. The van der Waals surface area contributed by atoms with E-state index in [9.17, 15) is 14.4 Å². The fourth-order valence-corrected chi connectivity index (χ4v) is 4.77. The molecule has 2 aliphatic heterocycles. The molecule has 34 heavy (non-hydrogen) atoms. The quantitative estimate of drug-likeness (QED) is 0.475. The normalized spacial score (nSPS) is 19.6. The van der Waals surface area contributed by atoms with Crippen LogP contribution in [0.5, 0.6) is 17.2 Å². The van der Waals surface area contributed by atoms with E-state index in [2.05, 4.69) is 5.32 Å². The monoisotopic (exact) mass is 485 g/mol. The Balaban J connectivity index is 1.51. The van der Waals surface area contributed by atoms with Gasteiger partial charge in [0.1, 0.15) is 23.3 Å². The number of rotatable bonds is 7. The molecule has 2 aromatic carbocycles. The first-order valence-electron chi connectivity index (χ1n) is 10.8. The number of nitrogens with zero attached hydrogens (tertiary/aromatic N) is 2. The third-order valence-electron chi connectivity index (χ3n) is 6.13. The number of fused-ring (bicyclic) bond motifs is 1. The second-order valence-corrected chi connectivity index (χ2v) is 8.88. The highest BCUT2D eigenvalue weighted by Crippen LogP contribution is 2.35. The molecule has 2 saturated heterocycles. The van der Waals surface area contributed by atoms with E-state index >= 15 is 0 Å². The first-order chi connectivity index (χ1) is 16.4. The Morgan fingerprint density at radius 2 is 1.74 bits per heavy atom. The number of hydrogen-bond acceptors (Lipinski definition) is 7. The highest BCUT2D eigenvalue weighted by Gasteiger charge is 2.49. The number of piperidine rings is 1. The number of anilines is 1. The van der Waals surface area contributed by atoms with Crippen LogP contribution in [0.15, 0.2) is 41.3 Å². The molecular weight excluding hydrogens is 458 g/mol. The molecule has 0 aliphatic carbocycles. The van der Waals surface area contributed by atoms with Crippen LogP contribution in [0, 0.1) is 0 Å². The maximum absolute atomic E-state index is 13.3. The summed E-state index contributed by atoms with van der Waals surface area (Å²) in [7, 11) is 4.54. The van der Waals surface area contributed by atoms with Crippen LogP contribution >= 0.6 is 11.8 Å². The van der Waals surface area contributed by atoms with Crippen LogP contribution in [-0.2, 0) is 4.79 Å². The number of nitrogens with one attached hydrogen (secondary N) is 1. The lowest BCUT2D eigenvalue weighted by atomic mass is 9.97. The summed E-state index contributed by atoms with van der Waals surface area (Å²) in [4.78, 5) is 43.0. The van der Waals surface area contributed by atoms with Gasteiger partial charge < -0.3 is 24.4 Å². The fourth-order valence-electron chi connectivity index (χ4n) is 4.34. The molecule has 2 fully saturated rings. The second-order valence-electron chi connectivity index (χ2n) is 8.00. The molecule has 2 aliphatic rings. The molecular formula is C24H27N3O6S. The van der Waals surface area contributed by atoms with Gasteiger partial charge in [0.2, 0.25) is 0 Å². The van der Waals surface area contributed by atoms with Crippen LogP contribution in [0.4, 0.5) is 10.5 Å². The molecule has 2 aromatic rings. The number of hydrogen-bond donors (Lipinski definition) is 1. The summed E-state index contributed by atoms with van der Waals surface area (Å²) in [5.74, 6) is 0.847. The van der Waals surface area contributed by atoms with E-state index in [1.807, 2.05) is 18.4 Å². The summed E-state index contributed by atoms with van der Waals surface area (Å²) >= 11 is 1.56. The van der Waals surface area contributed by atoms with Gasteiger partial charge in [0.25, 0.3) is 11.8 Å². The molecule has 2 unspecified atom stereocenters. The smallest absolute Gasteiger partial charge is 0.332 e. The topological polar surface area (TPSA) is 97.4 Å². The van der Waals surface area contributed by atoms with Crippen molar-refractivity contribution >= 4 is 35.3 Å². The van der Waals surface area contributed by atoms with Gasteiger partial charge in [0, 0.05) is 35.7 Å². The highest BCUT2D eigenvalue weighted by atomic mass is 32.2. The molecule has 4 amide bonds. The number of urea groups is 1. The average Bonchev–Trinajstić information content (AvgIpc) is 3.12. The number of amides is 4.